The molecule has 1 heterocycles. The van der Waals surface area contributed by atoms with E-state index < -0.39 is 5.54 Å². The van der Waals surface area contributed by atoms with E-state index in [9.17, 15) is 4.79 Å². The Morgan fingerprint density at radius 3 is 2.36 bits per heavy atom. The minimum absolute atomic E-state index is 0.0724. The molecule has 2 fully saturated rings. The van der Waals surface area contributed by atoms with Crippen LogP contribution in [0.3, 0.4) is 0 Å². The average molecular weight is 309 g/mol. The molecule has 0 radical (unpaired) electrons. The fraction of sp³-hybridized carbons (Fsp3) is 0.944. The monoisotopic (exact) mass is 309 g/mol. The van der Waals surface area contributed by atoms with Gasteiger partial charge in [0, 0.05) is 12.6 Å². The first-order chi connectivity index (χ1) is 10.4. The molecule has 0 aromatic rings. The van der Waals surface area contributed by atoms with Crippen LogP contribution in [0.4, 0.5) is 0 Å². The van der Waals surface area contributed by atoms with Crippen LogP contribution in [-0.2, 0) is 4.79 Å². The molecule has 3 N–H and O–H groups in total. The summed E-state index contributed by atoms with van der Waals surface area (Å²) in [6, 6.07) is 0.434. The summed E-state index contributed by atoms with van der Waals surface area (Å²) in [6.45, 7) is 9.91. The van der Waals surface area contributed by atoms with Gasteiger partial charge in [0.1, 0.15) is 0 Å². The molecule has 1 unspecified atom stereocenters. The molecular weight excluding hydrogens is 274 g/mol. The van der Waals surface area contributed by atoms with Gasteiger partial charge in [0.15, 0.2) is 0 Å². The van der Waals surface area contributed by atoms with Gasteiger partial charge in [-0.15, -0.1) is 0 Å². The van der Waals surface area contributed by atoms with E-state index in [-0.39, 0.29) is 5.91 Å². The second-order valence-corrected chi connectivity index (χ2v) is 7.96. The smallest absolute Gasteiger partial charge is 0.240 e. The number of nitrogens with two attached hydrogens (primary N) is 1. The highest BCUT2D eigenvalue weighted by Gasteiger charge is 2.36. The summed E-state index contributed by atoms with van der Waals surface area (Å²) in [6.07, 6.45) is 7.62. The molecule has 22 heavy (non-hydrogen) atoms. The van der Waals surface area contributed by atoms with E-state index in [1.807, 2.05) is 0 Å². The Balaban J connectivity index is 1.87. The maximum absolute atomic E-state index is 12.5. The number of piperidine rings is 1. The standard InChI is InChI=1S/C18H35N3O/c1-14(2)16(21-11-7-15(3)8-12-21)13-20-17(22)18(19)9-5-4-6-10-18/h14-16H,4-13,19H2,1-3H3,(H,20,22). The minimum atomic E-state index is -0.615. The van der Waals surface area contributed by atoms with Gasteiger partial charge in [0.25, 0.3) is 0 Å². The molecule has 128 valence electrons. The molecule has 0 bridgehead atoms. The Morgan fingerprint density at radius 1 is 1.23 bits per heavy atom. The van der Waals surface area contributed by atoms with Crippen LogP contribution in [0.15, 0.2) is 0 Å². The van der Waals surface area contributed by atoms with Gasteiger partial charge in [-0.2, -0.15) is 0 Å². The van der Waals surface area contributed by atoms with Crippen molar-refractivity contribution in [2.75, 3.05) is 19.6 Å². The highest BCUT2D eigenvalue weighted by molar-refractivity contribution is 5.86. The summed E-state index contributed by atoms with van der Waals surface area (Å²) < 4.78 is 0. The third-order valence-corrected chi connectivity index (χ3v) is 5.73. The molecule has 2 aliphatic rings. The first kappa shape index (κ1) is 17.7. The summed E-state index contributed by atoms with van der Waals surface area (Å²) in [7, 11) is 0. The number of nitrogens with one attached hydrogen (secondary N) is 1. The third kappa shape index (κ3) is 4.45. The first-order valence-electron chi connectivity index (χ1n) is 9.23. The van der Waals surface area contributed by atoms with Crippen LogP contribution >= 0.6 is 0 Å². The zero-order chi connectivity index (χ0) is 16.2. The lowest BCUT2D eigenvalue weighted by atomic mass is 9.82. The average Bonchev–Trinajstić information content (AvgIpc) is 2.49. The molecule has 1 saturated carbocycles. The van der Waals surface area contributed by atoms with E-state index in [1.54, 1.807) is 0 Å². The lowest BCUT2D eigenvalue weighted by molar-refractivity contribution is -0.127. The van der Waals surface area contributed by atoms with Crippen molar-refractivity contribution < 1.29 is 4.79 Å². The fourth-order valence-corrected chi connectivity index (χ4v) is 3.93. The summed E-state index contributed by atoms with van der Waals surface area (Å²) in [5, 5.41) is 3.18. The van der Waals surface area contributed by atoms with E-state index in [4.69, 9.17) is 5.73 Å². The Morgan fingerprint density at radius 2 is 1.82 bits per heavy atom. The zero-order valence-electron chi connectivity index (χ0n) is 14.7. The summed E-state index contributed by atoms with van der Waals surface area (Å²) in [4.78, 5) is 15.1. The van der Waals surface area contributed by atoms with Crippen molar-refractivity contribution in [3.05, 3.63) is 0 Å². The number of rotatable bonds is 5. The second kappa shape index (κ2) is 7.78. The van der Waals surface area contributed by atoms with Gasteiger partial charge in [0.05, 0.1) is 5.54 Å². The third-order valence-electron chi connectivity index (χ3n) is 5.73. The molecule has 4 nitrogen and oxygen atoms in total. The number of likely N-dealkylation sites (tertiary alicyclic amines) is 1. The van der Waals surface area contributed by atoms with Crippen molar-refractivity contribution in [3.63, 3.8) is 0 Å². The molecule has 1 aliphatic carbocycles. The van der Waals surface area contributed by atoms with Crippen LogP contribution in [0, 0.1) is 11.8 Å². The lowest BCUT2D eigenvalue weighted by Crippen LogP contribution is -2.58. The van der Waals surface area contributed by atoms with Gasteiger partial charge < -0.3 is 11.1 Å². The van der Waals surface area contributed by atoms with Gasteiger partial charge >= 0.3 is 0 Å². The maximum Gasteiger partial charge on any atom is 0.240 e. The molecule has 1 saturated heterocycles. The highest BCUT2D eigenvalue weighted by Crippen LogP contribution is 2.26. The summed E-state index contributed by atoms with van der Waals surface area (Å²) >= 11 is 0. The number of carbonyl (C=O) groups excluding carboxylic acids is 1. The van der Waals surface area contributed by atoms with Crippen LogP contribution < -0.4 is 11.1 Å². The van der Waals surface area contributed by atoms with Crippen LogP contribution in [0.25, 0.3) is 0 Å². The quantitative estimate of drug-likeness (QED) is 0.820. The van der Waals surface area contributed by atoms with Gasteiger partial charge in [-0.1, -0.05) is 40.0 Å². The zero-order valence-corrected chi connectivity index (χ0v) is 14.7. The fourth-order valence-electron chi connectivity index (χ4n) is 3.93. The normalized spacial score (nSPS) is 25.1. The minimum Gasteiger partial charge on any atom is -0.353 e. The van der Waals surface area contributed by atoms with Crippen LogP contribution in [0.1, 0.15) is 65.7 Å². The molecular formula is C18H35N3O. The van der Waals surface area contributed by atoms with Crippen molar-refractivity contribution in [3.8, 4) is 0 Å². The van der Waals surface area contributed by atoms with E-state index in [1.165, 1.54) is 19.3 Å². The molecule has 2 rings (SSSR count). The van der Waals surface area contributed by atoms with E-state index >= 15 is 0 Å². The van der Waals surface area contributed by atoms with E-state index in [0.29, 0.717) is 12.0 Å². The lowest BCUT2D eigenvalue weighted by Gasteiger charge is -2.40. The number of hydrogen-bond donors (Lipinski definition) is 2. The van der Waals surface area contributed by atoms with Crippen LogP contribution in [0.5, 0.6) is 0 Å². The number of hydrogen-bond acceptors (Lipinski definition) is 3. The van der Waals surface area contributed by atoms with Gasteiger partial charge in [-0.05, 0) is 50.6 Å². The molecule has 0 aromatic carbocycles. The van der Waals surface area contributed by atoms with E-state index in [2.05, 4.69) is 31.0 Å². The number of carbonyl (C=O) groups is 1. The molecule has 1 atom stereocenters. The molecule has 1 aliphatic heterocycles. The van der Waals surface area contributed by atoms with Crippen molar-refractivity contribution >= 4 is 5.91 Å². The molecule has 0 aromatic heterocycles. The van der Waals surface area contributed by atoms with Crippen molar-refractivity contribution in [1.29, 1.82) is 0 Å². The second-order valence-electron chi connectivity index (χ2n) is 7.96. The molecule has 4 heteroatoms. The molecule has 1 amide bonds. The summed E-state index contributed by atoms with van der Waals surface area (Å²) in [5.41, 5.74) is 5.72. The highest BCUT2D eigenvalue weighted by atomic mass is 16.2. The Bertz CT molecular complexity index is 355. The van der Waals surface area contributed by atoms with Crippen molar-refractivity contribution in [2.45, 2.75) is 77.3 Å². The van der Waals surface area contributed by atoms with Crippen molar-refractivity contribution in [1.82, 2.24) is 10.2 Å². The van der Waals surface area contributed by atoms with Gasteiger partial charge in [-0.3, -0.25) is 9.69 Å². The van der Waals surface area contributed by atoms with Crippen LogP contribution in [-0.4, -0.2) is 42.0 Å². The largest absolute Gasteiger partial charge is 0.353 e. The van der Waals surface area contributed by atoms with E-state index in [0.717, 1.165) is 51.2 Å². The predicted molar refractivity (Wildman–Crippen MR) is 91.6 cm³/mol. The SMILES string of the molecule is CC1CCN(C(CNC(=O)C2(N)CCCCC2)C(C)C)CC1. The number of amides is 1. The Hall–Kier alpha value is -0.610. The predicted octanol–water partition coefficient (Wildman–Crippen LogP) is 2.52. The Labute approximate surface area is 136 Å². The van der Waals surface area contributed by atoms with Gasteiger partial charge in [0.2, 0.25) is 5.91 Å². The molecule has 0 spiro atoms. The Kier molecular flexibility index (Phi) is 6.27. The summed E-state index contributed by atoms with van der Waals surface area (Å²) in [5.74, 6) is 1.46. The maximum atomic E-state index is 12.5. The van der Waals surface area contributed by atoms with Crippen molar-refractivity contribution in [2.24, 2.45) is 17.6 Å². The van der Waals surface area contributed by atoms with Gasteiger partial charge in [-0.25, -0.2) is 0 Å². The topological polar surface area (TPSA) is 58.4 Å². The number of nitrogens with zero attached hydrogens (tertiary/aromatic N) is 1. The van der Waals surface area contributed by atoms with Crippen LogP contribution in [0.2, 0.25) is 0 Å². The first-order valence-corrected chi connectivity index (χ1v) is 9.23.